The fourth-order valence-electron chi connectivity index (χ4n) is 1.94. The normalized spacial score (nSPS) is 16.6. The van der Waals surface area contributed by atoms with Crippen molar-refractivity contribution in [1.29, 1.82) is 0 Å². The molecule has 0 heterocycles. The van der Waals surface area contributed by atoms with E-state index in [-0.39, 0.29) is 0 Å². The topological polar surface area (TPSA) is 38.4 Å². The third kappa shape index (κ3) is 2.98. The highest BCUT2D eigenvalue weighted by molar-refractivity contribution is 6.13. The summed E-state index contributed by atoms with van der Waals surface area (Å²) in [7, 11) is 1.80. The minimum absolute atomic E-state index is 0.746. The first kappa shape index (κ1) is 12.4. The first-order valence-electron chi connectivity index (χ1n) is 6.17. The molecule has 1 aromatic rings. The van der Waals surface area contributed by atoms with Crippen molar-refractivity contribution in [1.82, 2.24) is 0 Å². The van der Waals surface area contributed by atoms with Crippen molar-refractivity contribution in [3.63, 3.8) is 0 Å². The zero-order chi connectivity index (χ0) is 12.8. The number of benzene rings is 1. The number of hydrogen-bond donors (Lipinski definition) is 1. The Hall–Kier alpha value is -2.09. The van der Waals surface area contributed by atoms with Crippen molar-refractivity contribution in [2.75, 3.05) is 7.05 Å². The van der Waals surface area contributed by atoms with Gasteiger partial charge in [0.1, 0.15) is 0 Å². The second-order valence-electron chi connectivity index (χ2n) is 4.21. The summed E-state index contributed by atoms with van der Waals surface area (Å²) in [4.78, 5) is 4.32. The molecule has 0 spiro atoms. The third-order valence-electron chi connectivity index (χ3n) is 2.93. The van der Waals surface area contributed by atoms with Gasteiger partial charge in [-0.1, -0.05) is 48.6 Å². The first-order chi connectivity index (χ1) is 8.81. The van der Waals surface area contributed by atoms with Crippen molar-refractivity contribution < 1.29 is 0 Å². The van der Waals surface area contributed by atoms with Gasteiger partial charge in [-0.25, -0.2) is 0 Å². The van der Waals surface area contributed by atoms with Crippen molar-refractivity contribution in [2.24, 2.45) is 10.7 Å². The molecule has 2 heteroatoms. The monoisotopic (exact) mass is 238 g/mol. The quantitative estimate of drug-likeness (QED) is 0.806. The predicted octanol–water partition coefficient (Wildman–Crippen LogP) is 3.33. The van der Waals surface area contributed by atoms with E-state index in [4.69, 9.17) is 5.73 Å². The predicted molar refractivity (Wildman–Crippen MR) is 78.4 cm³/mol. The minimum atomic E-state index is 0.746. The van der Waals surface area contributed by atoms with Crippen molar-refractivity contribution in [2.45, 2.75) is 12.8 Å². The molecule has 1 aromatic carbocycles. The molecule has 0 unspecified atom stereocenters. The molecule has 0 bridgehead atoms. The summed E-state index contributed by atoms with van der Waals surface area (Å²) in [6.07, 6.45) is 10.6. The van der Waals surface area contributed by atoms with Crippen LogP contribution in [0, 0.1) is 0 Å². The van der Waals surface area contributed by atoms with Crippen LogP contribution in [-0.2, 0) is 0 Å². The lowest BCUT2D eigenvalue weighted by atomic mass is 10.0. The number of nitrogens with two attached hydrogens (primary N) is 1. The summed E-state index contributed by atoms with van der Waals surface area (Å²) in [5.41, 5.74) is 9.97. The number of aliphatic imine (C=N–C) groups is 1. The van der Waals surface area contributed by atoms with Crippen LogP contribution in [0.5, 0.6) is 0 Å². The molecule has 1 aliphatic carbocycles. The van der Waals surface area contributed by atoms with E-state index in [9.17, 15) is 0 Å². The van der Waals surface area contributed by atoms with E-state index in [1.54, 1.807) is 7.05 Å². The van der Waals surface area contributed by atoms with Crippen LogP contribution in [-0.4, -0.2) is 12.8 Å². The van der Waals surface area contributed by atoms with E-state index >= 15 is 0 Å². The van der Waals surface area contributed by atoms with Crippen LogP contribution in [0.3, 0.4) is 0 Å². The number of allylic oxidation sites excluding steroid dienone is 5. The molecule has 0 aromatic heterocycles. The number of hydrogen-bond acceptors (Lipinski definition) is 2. The van der Waals surface area contributed by atoms with Gasteiger partial charge in [0, 0.05) is 12.7 Å². The summed E-state index contributed by atoms with van der Waals surface area (Å²) in [5, 5.41) is 0. The average molecular weight is 238 g/mol. The van der Waals surface area contributed by atoms with E-state index < -0.39 is 0 Å². The summed E-state index contributed by atoms with van der Waals surface area (Å²) in [5.74, 6) is 0. The highest BCUT2D eigenvalue weighted by Gasteiger charge is 2.05. The molecule has 0 atom stereocenters. The SMILES string of the molecule is CN=C(C=C(N)c1ccccc1)C1=CCCC=C1. The van der Waals surface area contributed by atoms with E-state index in [1.165, 1.54) is 0 Å². The van der Waals surface area contributed by atoms with E-state index in [0.29, 0.717) is 0 Å². The van der Waals surface area contributed by atoms with Gasteiger partial charge in [-0.3, -0.25) is 4.99 Å². The molecule has 92 valence electrons. The Morgan fingerprint density at radius 3 is 2.61 bits per heavy atom. The molecule has 0 saturated carbocycles. The maximum atomic E-state index is 6.11. The average Bonchev–Trinajstić information content (AvgIpc) is 2.46. The molecule has 2 nitrogen and oxygen atoms in total. The molecule has 2 rings (SSSR count). The van der Waals surface area contributed by atoms with Gasteiger partial charge >= 0.3 is 0 Å². The lowest BCUT2D eigenvalue weighted by Gasteiger charge is -2.08. The van der Waals surface area contributed by atoms with E-state index in [2.05, 4.69) is 23.2 Å². The first-order valence-corrected chi connectivity index (χ1v) is 6.17. The third-order valence-corrected chi connectivity index (χ3v) is 2.93. The van der Waals surface area contributed by atoms with Gasteiger partial charge in [-0.2, -0.15) is 0 Å². The van der Waals surface area contributed by atoms with Crippen LogP contribution in [0.1, 0.15) is 18.4 Å². The summed E-state index contributed by atoms with van der Waals surface area (Å²) >= 11 is 0. The fraction of sp³-hybridized carbons (Fsp3) is 0.188. The molecule has 0 fully saturated rings. The smallest absolute Gasteiger partial charge is 0.0660 e. The van der Waals surface area contributed by atoms with Crippen molar-refractivity contribution in [3.8, 4) is 0 Å². The lowest BCUT2D eigenvalue weighted by Crippen LogP contribution is -2.05. The van der Waals surface area contributed by atoms with Crippen LogP contribution in [0.4, 0.5) is 0 Å². The molecule has 0 aliphatic heterocycles. The van der Waals surface area contributed by atoms with Gasteiger partial charge in [-0.05, 0) is 30.1 Å². The fourth-order valence-corrected chi connectivity index (χ4v) is 1.94. The van der Waals surface area contributed by atoms with Crippen LogP contribution in [0.15, 0.2) is 65.2 Å². The van der Waals surface area contributed by atoms with E-state index in [1.807, 2.05) is 36.4 Å². The summed E-state index contributed by atoms with van der Waals surface area (Å²) < 4.78 is 0. The Labute approximate surface area is 108 Å². The summed E-state index contributed by atoms with van der Waals surface area (Å²) in [6.45, 7) is 0. The Morgan fingerprint density at radius 1 is 1.22 bits per heavy atom. The Kier molecular flexibility index (Phi) is 4.13. The van der Waals surface area contributed by atoms with Crippen molar-refractivity contribution >= 4 is 11.4 Å². The van der Waals surface area contributed by atoms with Gasteiger partial charge in [0.2, 0.25) is 0 Å². The van der Waals surface area contributed by atoms with Gasteiger partial charge in [0.15, 0.2) is 0 Å². The maximum Gasteiger partial charge on any atom is 0.0660 e. The highest BCUT2D eigenvalue weighted by Crippen LogP contribution is 2.15. The van der Waals surface area contributed by atoms with Gasteiger partial charge < -0.3 is 5.73 Å². The van der Waals surface area contributed by atoms with Gasteiger partial charge in [0.25, 0.3) is 0 Å². The minimum Gasteiger partial charge on any atom is -0.398 e. The Bertz CT molecular complexity index is 519. The van der Waals surface area contributed by atoms with Gasteiger partial charge in [0.05, 0.1) is 5.71 Å². The Balaban J connectivity index is 2.25. The molecular formula is C16H18N2. The number of nitrogens with zero attached hydrogens (tertiary/aromatic N) is 1. The molecule has 2 N–H and O–H groups in total. The molecule has 0 radical (unpaired) electrons. The molecule has 1 aliphatic rings. The zero-order valence-corrected chi connectivity index (χ0v) is 10.6. The van der Waals surface area contributed by atoms with Crippen LogP contribution in [0.2, 0.25) is 0 Å². The maximum absolute atomic E-state index is 6.11. The molecule has 0 saturated heterocycles. The van der Waals surface area contributed by atoms with Crippen molar-refractivity contribution in [3.05, 3.63) is 65.8 Å². The second-order valence-corrected chi connectivity index (χ2v) is 4.21. The lowest BCUT2D eigenvalue weighted by molar-refractivity contribution is 1.03. The zero-order valence-electron chi connectivity index (χ0n) is 10.6. The highest BCUT2D eigenvalue weighted by atomic mass is 14.7. The van der Waals surface area contributed by atoms with Crippen LogP contribution < -0.4 is 5.73 Å². The molecular weight excluding hydrogens is 220 g/mol. The van der Waals surface area contributed by atoms with Gasteiger partial charge in [-0.15, -0.1) is 0 Å². The van der Waals surface area contributed by atoms with E-state index in [0.717, 1.165) is 35.4 Å². The molecule has 18 heavy (non-hydrogen) atoms. The molecule has 0 amide bonds. The second kappa shape index (κ2) is 6.01. The largest absolute Gasteiger partial charge is 0.398 e. The number of rotatable bonds is 3. The van der Waals surface area contributed by atoms with Crippen LogP contribution >= 0.6 is 0 Å². The Morgan fingerprint density at radius 2 is 2.00 bits per heavy atom. The van der Waals surface area contributed by atoms with Crippen LogP contribution in [0.25, 0.3) is 5.70 Å². The standard InChI is InChI=1S/C16H18N2/c1-18-16(14-10-6-3-7-11-14)12-15(17)13-8-4-2-5-9-13/h2,4-6,8-12H,3,7,17H2,1H3. The summed E-state index contributed by atoms with van der Waals surface area (Å²) in [6, 6.07) is 9.96.